The van der Waals surface area contributed by atoms with Crippen molar-refractivity contribution in [2.24, 2.45) is 0 Å². The van der Waals surface area contributed by atoms with Crippen LogP contribution in [0.5, 0.6) is 0 Å². The van der Waals surface area contributed by atoms with Gasteiger partial charge in [0, 0.05) is 26.0 Å². The molecule has 0 radical (unpaired) electrons. The lowest BCUT2D eigenvalue weighted by Crippen LogP contribution is -2.13. The molecule has 2 heterocycles. The lowest BCUT2D eigenvalue weighted by molar-refractivity contribution is -0.383. The zero-order chi connectivity index (χ0) is 13.7. The highest BCUT2D eigenvalue weighted by Crippen LogP contribution is 2.27. The van der Waals surface area contributed by atoms with Gasteiger partial charge in [0.2, 0.25) is 11.6 Å². The number of rotatable bonds is 6. The number of nitrogens with one attached hydrogen (secondary N) is 2. The lowest BCUT2D eigenvalue weighted by Gasteiger charge is -2.08. The minimum absolute atomic E-state index is 0.162. The van der Waals surface area contributed by atoms with Crippen molar-refractivity contribution in [3.8, 4) is 0 Å². The molecule has 100 valence electrons. The average Bonchev–Trinajstić information content (AvgIpc) is 2.91. The summed E-state index contributed by atoms with van der Waals surface area (Å²) in [5.74, 6) is 0.373. The SMILES string of the molecule is CNc1ncnc(NCCn2cccn2)c1[N+](=O)[O-]. The molecular weight excluding hydrogens is 250 g/mol. The van der Waals surface area contributed by atoms with E-state index in [1.807, 2.05) is 12.3 Å². The van der Waals surface area contributed by atoms with Gasteiger partial charge in [0.25, 0.3) is 0 Å². The minimum Gasteiger partial charge on any atom is -0.367 e. The summed E-state index contributed by atoms with van der Waals surface area (Å²) in [5.41, 5.74) is -0.162. The second kappa shape index (κ2) is 5.76. The van der Waals surface area contributed by atoms with Crippen LogP contribution in [0.3, 0.4) is 0 Å². The highest BCUT2D eigenvalue weighted by Gasteiger charge is 2.21. The molecule has 0 saturated carbocycles. The summed E-state index contributed by atoms with van der Waals surface area (Å²) in [6, 6.07) is 1.81. The van der Waals surface area contributed by atoms with Crippen LogP contribution >= 0.6 is 0 Å². The fraction of sp³-hybridized carbons (Fsp3) is 0.300. The number of hydrogen-bond donors (Lipinski definition) is 2. The van der Waals surface area contributed by atoms with Crippen LogP contribution < -0.4 is 10.6 Å². The molecule has 2 aromatic rings. The largest absolute Gasteiger partial charge is 0.367 e. The second-order valence-electron chi connectivity index (χ2n) is 3.62. The fourth-order valence-electron chi connectivity index (χ4n) is 1.59. The molecule has 0 fully saturated rings. The Bertz CT molecular complexity index is 555. The summed E-state index contributed by atoms with van der Waals surface area (Å²) in [7, 11) is 1.57. The van der Waals surface area contributed by atoms with E-state index in [1.165, 1.54) is 6.33 Å². The fourth-order valence-corrected chi connectivity index (χ4v) is 1.59. The Morgan fingerprint density at radius 3 is 2.84 bits per heavy atom. The number of nitrogens with zero attached hydrogens (tertiary/aromatic N) is 5. The third-order valence-electron chi connectivity index (χ3n) is 2.43. The van der Waals surface area contributed by atoms with Gasteiger partial charge in [0.15, 0.2) is 0 Å². The normalized spacial score (nSPS) is 10.2. The summed E-state index contributed by atoms with van der Waals surface area (Å²) < 4.78 is 1.72. The molecule has 0 bridgehead atoms. The van der Waals surface area contributed by atoms with E-state index < -0.39 is 4.92 Å². The van der Waals surface area contributed by atoms with Crippen LogP contribution in [0.25, 0.3) is 0 Å². The third-order valence-corrected chi connectivity index (χ3v) is 2.43. The summed E-state index contributed by atoms with van der Waals surface area (Å²) in [5, 5.41) is 20.6. The second-order valence-corrected chi connectivity index (χ2v) is 3.62. The van der Waals surface area contributed by atoms with Gasteiger partial charge >= 0.3 is 5.69 Å². The van der Waals surface area contributed by atoms with Crippen LogP contribution in [-0.4, -0.2) is 38.3 Å². The summed E-state index contributed by atoms with van der Waals surface area (Å²) in [6.45, 7) is 1.06. The molecule has 9 heteroatoms. The highest BCUT2D eigenvalue weighted by atomic mass is 16.6. The Hall–Kier alpha value is -2.71. The Kier molecular flexibility index (Phi) is 3.86. The number of hydrogen-bond acceptors (Lipinski definition) is 7. The van der Waals surface area contributed by atoms with Crippen molar-refractivity contribution in [3.05, 3.63) is 34.9 Å². The van der Waals surface area contributed by atoms with Crippen molar-refractivity contribution < 1.29 is 4.92 Å². The van der Waals surface area contributed by atoms with Crippen LogP contribution in [0, 0.1) is 10.1 Å². The molecule has 2 aromatic heterocycles. The van der Waals surface area contributed by atoms with Crippen LogP contribution in [0.1, 0.15) is 0 Å². The third kappa shape index (κ3) is 2.94. The number of anilines is 2. The zero-order valence-electron chi connectivity index (χ0n) is 10.3. The minimum atomic E-state index is -0.512. The van der Waals surface area contributed by atoms with E-state index in [4.69, 9.17) is 0 Å². The van der Waals surface area contributed by atoms with Crippen LogP contribution in [0.4, 0.5) is 17.3 Å². The average molecular weight is 263 g/mol. The Morgan fingerprint density at radius 1 is 1.42 bits per heavy atom. The van der Waals surface area contributed by atoms with Crippen molar-refractivity contribution in [2.75, 3.05) is 24.2 Å². The first-order chi connectivity index (χ1) is 9.22. The van der Waals surface area contributed by atoms with Crippen LogP contribution in [0.15, 0.2) is 24.8 Å². The first kappa shape index (κ1) is 12.7. The van der Waals surface area contributed by atoms with E-state index in [0.29, 0.717) is 13.1 Å². The zero-order valence-corrected chi connectivity index (χ0v) is 10.3. The molecule has 19 heavy (non-hydrogen) atoms. The summed E-state index contributed by atoms with van der Waals surface area (Å²) in [6.07, 6.45) is 4.76. The van der Waals surface area contributed by atoms with E-state index in [-0.39, 0.29) is 17.3 Å². The molecule has 2 N–H and O–H groups in total. The van der Waals surface area contributed by atoms with Gasteiger partial charge in [-0.05, 0) is 6.07 Å². The van der Waals surface area contributed by atoms with Crippen LogP contribution in [-0.2, 0) is 6.54 Å². The standard InChI is InChI=1S/C10H13N7O2/c1-11-9-8(17(18)19)10(14-7-13-9)12-4-6-16-5-2-3-15-16/h2-3,5,7H,4,6H2,1H3,(H2,11,12,13,14). The molecule has 0 saturated heterocycles. The molecule has 0 spiro atoms. The molecule has 9 nitrogen and oxygen atoms in total. The maximum absolute atomic E-state index is 11.0. The maximum Gasteiger partial charge on any atom is 0.353 e. The van der Waals surface area contributed by atoms with E-state index in [1.54, 1.807) is 17.9 Å². The van der Waals surface area contributed by atoms with Gasteiger partial charge < -0.3 is 10.6 Å². The molecule has 0 aliphatic rings. The maximum atomic E-state index is 11.0. The van der Waals surface area contributed by atoms with Crippen molar-refractivity contribution >= 4 is 17.3 Å². The Morgan fingerprint density at radius 2 is 2.21 bits per heavy atom. The van der Waals surface area contributed by atoms with Crippen molar-refractivity contribution in [1.82, 2.24) is 19.7 Å². The molecule has 0 aromatic carbocycles. The molecule has 0 aliphatic heterocycles. The van der Waals surface area contributed by atoms with Gasteiger partial charge in [-0.3, -0.25) is 14.8 Å². The topological polar surface area (TPSA) is 111 Å². The van der Waals surface area contributed by atoms with Gasteiger partial charge in [0.05, 0.1) is 11.5 Å². The van der Waals surface area contributed by atoms with E-state index in [2.05, 4.69) is 25.7 Å². The number of aromatic nitrogens is 4. The van der Waals surface area contributed by atoms with Crippen LogP contribution in [0.2, 0.25) is 0 Å². The first-order valence-corrected chi connectivity index (χ1v) is 5.61. The van der Waals surface area contributed by atoms with Gasteiger partial charge in [-0.1, -0.05) is 0 Å². The first-order valence-electron chi connectivity index (χ1n) is 5.61. The van der Waals surface area contributed by atoms with Gasteiger partial charge in [-0.2, -0.15) is 5.10 Å². The van der Waals surface area contributed by atoms with Gasteiger partial charge in [-0.25, -0.2) is 9.97 Å². The Labute approximate surface area is 108 Å². The van der Waals surface area contributed by atoms with E-state index in [0.717, 1.165) is 0 Å². The number of nitro groups is 1. The molecule has 0 amide bonds. The van der Waals surface area contributed by atoms with Crippen molar-refractivity contribution in [3.63, 3.8) is 0 Å². The summed E-state index contributed by atoms with van der Waals surface area (Å²) >= 11 is 0. The summed E-state index contributed by atoms with van der Waals surface area (Å²) in [4.78, 5) is 18.2. The highest BCUT2D eigenvalue weighted by molar-refractivity contribution is 5.68. The molecular formula is C10H13N7O2. The van der Waals surface area contributed by atoms with Gasteiger partial charge in [-0.15, -0.1) is 0 Å². The van der Waals surface area contributed by atoms with Crippen molar-refractivity contribution in [1.29, 1.82) is 0 Å². The smallest absolute Gasteiger partial charge is 0.353 e. The van der Waals surface area contributed by atoms with Crippen molar-refractivity contribution in [2.45, 2.75) is 6.54 Å². The molecule has 0 unspecified atom stereocenters. The van der Waals surface area contributed by atoms with E-state index >= 15 is 0 Å². The van der Waals surface area contributed by atoms with E-state index in [9.17, 15) is 10.1 Å². The quantitative estimate of drug-likeness (QED) is 0.583. The predicted octanol–water partition coefficient (Wildman–Crippen LogP) is 0.735. The monoisotopic (exact) mass is 263 g/mol. The molecule has 2 rings (SSSR count). The van der Waals surface area contributed by atoms with Gasteiger partial charge in [0.1, 0.15) is 6.33 Å². The Balaban J connectivity index is 2.09. The predicted molar refractivity (Wildman–Crippen MR) is 68.9 cm³/mol. The molecule has 0 aliphatic carbocycles. The molecule has 0 atom stereocenters. The lowest BCUT2D eigenvalue weighted by atomic mass is 10.4.